The van der Waals surface area contributed by atoms with E-state index in [9.17, 15) is 9.59 Å². The predicted molar refractivity (Wildman–Crippen MR) is 114 cm³/mol. The first kappa shape index (κ1) is 25.1. The summed E-state index contributed by atoms with van der Waals surface area (Å²) in [4.78, 5) is 23.3. The molecular weight excluding hydrogens is 352 g/mol. The van der Waals surface area contributed by atoms with Crippen LogP contribution in [0.5, 0.6) is 0 Å². The van der Waals surface area contributed by atoms with Crippen molar-refractivity contribution in [1.29, 1.82) is 0 Å². The molecule has 28 heavy (non-hydrogen) atoms. The molecule has 0 aromatic carbocycles. The van der Waals surface area contributed by atoms with Gasteiger partial charge in [-0.3, -0.25) is 9.59 Å². The smallest absolute Gasteiger partial charge is 0.305 e. The molecule has 1 N–H and O–H groups in total. The third-order valence-electron chi connectivity index (χ3n) is 6.35. The molecule has 1 saturated carbocycles. The Hall–Kier alpha value is -0.900. The van der Waals surface area contributed by atoms with E-state index < -0.39 is 0 Å². The van der Waals surface area contributed by atoms with Gasteiger partial charge in [-0.15, -0.1) is 0 Å². The summed E-state index contributed by atoms with van der Waals surface area (Å²) in [5, 5.41) is 8.76. The molecule has 0 radical (unpaired) electrons. The Morgan fingerprint density at radius 3 is 2.00 bits per heavy atom. The first-order valence-corrected chi connectivity index (χ1v) is 11.9. The van der Waals surface area contributed by atoms with E-state index in [0.717, 1.165) is 51.4 Å². The van der Waals surface area contributed by atoms with E-state index in [4.69, 9.17) is 5.11 Å². The number of Topliss-reactive ketones (excluding diaryl/α,β-unsaturated/α-hetero) is 1. The predicted octanol–water partition coefficient (Wildman–Crippen LogP) is 5.99. The Morgan fingerprint density at radius 1 is 0.857 bits per heavy atom. The monoisotopic (exact) mass is 396 g/mol. The molecule has 0 spiro atoms. The van der Waals surface area contributed by atoms with Crippen molar-refractivity contribution in [3.05, 3.63) is 0 Å². The average Bonchev–Trinajstić information content (AvgIpc) is 3.05. The fraction of sp³-hybridized carbons (Fsp3) is 0.917. The van der Waals surface area contributed by atoms with Gasteiger partial charge >= 0.3 is 5.97 Å². The maximum absolute atomic E-state index is 12.2. The minimum atomic E-state index is -0.118. The van der Waals surface area contributed by atoms with Crippen LogP contribution in [0.4, 0.5) is 0 Å². The van der Waals surface area contributed by atoms with Crippen molar-refractivity contribution < 1.29 is 19.4 Å². The van der Waals surface area contributed by atoms with Gasteiger partial charge < -0.3 is 9.84 Å². The van der Waals surface area contributed by atoms with Crippen molar-refractivity contribution >= 4 is 11.8 Å². The number of aliphatic hydroxyl groups excluding tert-OH is 1. The van der Waals surface area contributed by atoms with Crippen LogP contribution < -0.4 is 0 Å². The summed E-state index contributed by atoms with van der Waals surface area (Å²) in [5.74, 6) is 1.32. The van der Waals surface area contributed by atoms with Crippen LogP contribution in [0.1, 0.15) is 116 Å². The zero-order valence-electron chi connectivity index (χ0n) is 18.3. The maximum atomic E-state index is 12.2. The Kier molecular flexibility index (Phi) is 15.3. The molecule has 0 heterocycles. The lowest BCUT2D eigenvalue weighted by Crippen LogP contribution is -2.15. The van der Waals surface area contributed by atoms with Gasteiger partial charge in [-0.1, -0.05) is 70.6 Å². The summed E-state index contributed by atoms with van der Waals surface area (Å²) in [6, 6.07) is 0. The molecule has 4 nitrogen and oxygen atoms in total. The highest BCUT2D eigenvalue weighted by atomic mass is 16.5. The minimum Gasteiger partial charge on any atom is -0.469 e. The first-order chi connectivity index (χ1) is 13.7. The van der Waals surface area contributed by atoms with E-state index in [1.807, 2.05) is 0 Å². The SMILES string of the molecule is COC(=O)CCCCCC[C@H]1C(=O)CC[C@@H]1CCCCCCCCCCCO. The molecule has 0 unspecified atom stereocenters. The summed E-state index contributed by atoms with van der Waals surface area (Å²) < 4.78 is 4.66. The maximum Gasteiger partial charge on any atom is 0.305 e. The molecule has 0 aliphatic heterocycles. The fourth-order valence-electron chi connectivity index (χ4n) is 4.56. The van der Waals surface area contributed by atoms with Crippen molar-refractivity contribution in [3.63, 3.8) is 0 Å². The Balaban J connectivity index is 2.02. The van der Waals surface area contributed by atoms with Gasteiger partial charge in [-0.25, -0.2) is 0 Å². The van der Waals surface area contributed by atoms with Crippen molar-refractivity contribution in [2.75, 3.05) is 13.7 Å². The molecule has 1 fully saturated rings. The molecule has 4 heteroatoms. The molecular formula is C24H44O4. The lowest BCUT2D eigenvalue weighted by molar-refractivity contribution is -0.140. The fourth-order valence-corrected chi connectivity index (χ4v) is 4.56. The second-order valence-corrected chi connectivity index (χ2v) is 8.59. The van der Waals surface area contributed by atoms with Gasteiger partial charge in [0, 0.05) is 25.4 Å². The number of ether oxygens (including phenoxy) is 1. The second-order valence-electron chi connectivity index (χ2n) is 8.59. The van der Waals surface area contributed by atoms with E-state index in [1.54, 1.807) is 0 Å². The number of unbranched alkanes of at least 4 members (excludes halogenated alkanes) is 11. The molecule has 1 aliphatic rings. The molecule has 164 valence electrons. The molecule has 0 aromatic rings. The van der Waals surface area contributed by atoms with Crippen LogP contribution in [0.15, 0.2) is 0 Å². The largest absolute Gasteiger partial charge is 0.469 e. The number of esters is 1. The van der Waals surface area contributed by atoms with Crippen LogP contribution in [0.2, 0.25) is 0 Å². The highest BCUT2D eigenvalue weighted by molar-refractivity contribution is 5.83. The van der Waals surface area contributed by atoms with E-state index >= 15 is 0 Å². The van der Waals surface area contributed by atoms with Crippen molar-refractivity contribution in [3.8, 4) is 0 Å². The molecule has 0 bridgehead atoms. The van der Waals surface area contributed by atoms with Crippen LogP contribution in [0, 0.1) is 11.8 Å². The van der Waals surface area contributed by atoms with Crippen LogP contribution in [0.3, 0.4) is 0 Å². The number of ketones is 1. The van der Waals surface area contributed by atoms with E-state index in [-0.39, 0.29) is 5.97 Å². The summed E-state index contributed by atoms with van der Waals surface area (Å²) >= 11 is 0. The van der Waals surface area contributed by atoms with Crippen molar-refractivity contribution in [2.24, 2.45) is 11.8 Å². The summed E-state index contributed by atoms with van der Waals surface area (Å²) in [6.45, 7) is 0.333. The van der Waals surface area contributed by atoms with Crippen molar-refractivity contribution in [1.82, 2.24) is 0 Å². The van der Waals surface area contributed by atoms with E-state index in [0.29, 0.717) is 30.6 Å². The van der Waals surface area contributed by atoms with Gasteiger partial charge in [0.2, 0.25) is 0 Å². The number of aliphatic hydroxyl groups is 1. The lowest BCUT2D eigenvalue weighted by atomic mass is 9.86. The molecule has 0 aromatic heterocycles. The van der Waals surface area contributed by atoms with Crippen LogP contribution in [-0.4, -0.2) is 30.6 Å². The van der Waals surface area contributed by atoms with Gasteiger partial charge in [0.15, 0.2) is 0 Å². The number of hydrogen-bond donors (Lipinski definition) is 1. The third kappa shape index (κ3) is 11.8. The normalized spacial score (nSPS) is 19.3. The standard InChI is InChI=1S/C24H44O4/c1-28-24(27)17-13-9-8-12-16-22-21(18-19-23(22)26)15-11-7-5-3-2-4-6-10-14-20-25/h21-22,25H,2-20H2,1H3/t21-,22+/m0/s1. The van der Waals surface area contributed by atoms with Crippen LogP contribution >= 0.6 is 0 Å². The first-order valence-electron chi connectivity index (χ1n) is 11.9. The van der Waals surface area contributed by atoms with Gasteiger partial charge in [-0.05, 0) is 38.0 Å². The number of methoxy groups -OCH3 is 1. The average molecular weight is 397 g/mol. The molecule has 1 aliphatic carbocycles. The number of rotatable bonds is 18. The number of hydrogen-bond acceptors (Lipinski definition) is 4. The Bertz CT molecular complexity index is 407. The zero-order valence-corrected chi connectivity index (χ0v) is 18.3. The van der Waals surface area contributed by atoms with E-state index in [2.05, 4.69) is 4.74 Å². The summed E-state index contributed by atoms with van der Waals surface area (Å²) in [5.41, 5.74) is 0. The number of carbonyl (C=O) groups excluding carboxylic acids is 2. The number of carbonyl (C=O) groups is 2. The lowest BCUT2D eigenvalue weighted by Gasteiger charge is -2.18. The van der Waals surface area contributed by atoms with Crippen molar-refractivity contribution in [2.45, 2.75) is 116 Å². The Morgan fingerprint density at radius 2 is 1.39 bits per heavy atom. The summed E-state index contributed by atoms with van der Waals surface area (Å²) in [6.07, 6.45) is 20.1. The minimum absolute atomic E-state index is 0.118. The molecule has 0 saturated heterocycles. The van der Waals surface area contributed by atoms with Gasteiger partial charge in [0.25, 0.3) is 0 Å². The van der Waals surface area contributed by atoms with E-state index in [1.165, 1.54) is 64.9 Å². The van der Waals surface area contributed by atoms with Crippen LogP contribution in [-0.2, 0) is 14.3 Å². The zero-order chi connectivity index (χ0) is 20.5. The topological polar surface area (TPSA) is 63.6 Å². The van der Waals surface area contributed by atoms with Crippen LogP contribution in [0.25, 0.3) is 0 Å². The highest BCUT2D eigenvalue weighted by Gasteiger charge is 2.33. The second kappa shape index (κ2) is 17.0. The van der Waals surface area contributed by atoms with Gasteiger partial charge in [-0.2, -0.15) is 0 Å². The molecule has 0 amide bonds. The Labute approximate surface area is 172 Å². The third-order valence-corrected chi connectivity index (χ3v) is 6.35. The molecule has 2 atom stereocenters. The quantitative estimate of drug-likeness (QED) is 0.228. The van der Waals surface area contributed by atoms with Gasteiger partial charge in [0.05, 0.1) is 7.11 Å². The summed E-state index contributed by atoms with van der Waals surface area (Å²) in [7, 11) is 1.44. The van der Waals surface area contributed by atoms with Gasteiger partial charge in [0.1, 0.15) is 5.78 Å². The molecule has 1 rings (SSSR count). The highest BCUT2D eigenvalue weighted by Crippen LogP contribution is 2.36.